The molecular weight excluding hydrogens is 222 g/mol. The number of amides is 1. The van der Waals surface area contributed by atoms with Gasteiger partial charge in [0.25, 0.3) is 5.91 Å². The van der Waals surface area contributed by atoms with Gasteiger partial charge in [-0.3, -0.25) is 9.89 Å². The highest BCUT2D eigenvalue weighted by molar-refractivity contribution is 5.97. The van der Waals surface area contributed by atoms with E-state index in [1.54, 1.807) is 6.92 Å². The average Bonchev–Trinajstić information content (AvgIpc) is 2.62. The van der Waals surface area contributed by atoms with E-state index in [9.17, 15) is 9.59 Å². The van der Waals surface area contributed by atoms with E-state index in [1.165, 1.54) is 6.20 Å². The molecular formula is C11H17N3O3. The Hall–Kier alpha value is -1.85. The molecule has 1 atom stereocenters. The van der Waals surface area contributed by atoms with Gasteiger partial charge in [-0.15, -0.1) is 0 Å². The molecule has 17 heavy (non-hydrogen) atoms. The Balaban J connectivity index is 2.71. The van der Waals surface area contributed by atoms with Crippen molar-refractivity contribution in [3.8, 4) is 0 Å². The number of carboxylic acids is 1. The zero-order valence-electron chi connectivity index (χ0n) is 10.2. The molecule has 94 valence electrons. The first-order valence-electron chi connectivity index (χ1n) is 5.45. The molecule has 0 radical (unpaired) electrons. The van der Waals surface area contributed by atoms with Crippen LogP contribution in [0.3, 0.4) is 0 Å². The largest absolute Gasteiger partial charge is 0.480 e. The molecule has 0 aliphatic carbocycles. The molecule has 1 aromatic rings. The van der Waals surface area contributed by atoms with E-state index in [4.69, 9.17) is 5.11 Å². The van der Waals surface area contributed by atoms with Gasteiger partial charge < -0.3 is 10.4 Å². The molecule has 6 heteroatoms. The van der Waals surface area contributed by atoms with E-state index < -0.39 is 17.9 Å². The lowest BCUT2D eigenvalue weighted by atomic mass is 10.0. The maximum absolute atomic E-state index is 11.8. The van der Waals surface area contributed by atoms with E-state index in [-0.39, 0.29) is 5.92 Å². The van der Waals surface area contributed by atoms with E-state index in [0.717, 1.165) is 0 Å². The number of nitrogens with zero attached hydrogens (tertiary/aromatic N) is 1. The molecule has 0 aromatic carbocycles. The normalized spacial score (nSPS) is 12.5. The minimum absolute atomic E-state index is 0.196. The van der Waals surface area contributed by atoms with Crippen molar-refractivity contribution >= 4 is 11.9 Å². The molecule has 0 aliphatic heterocycles. The van der Waals surface area contributed by atoms with Crippen LogP contribution < -0.4 is 5.32 Å². The molecule has 1 unspecified atom stereocenters. The highest BCUT2D eigenvalue weighted by Gasteiger charge is 2.22. The van der Waals surface area contributed by atoms with Crippen LogP contribution in [0.25, 0.3) is 0 Å². The summed E-state index contributed by atoms with van der Waals surface area (Å²) in [7, 11) is 0. The average molecular weight is 239 g/mol. The summed E-state index contributed by atoms with van der Waals surface area (Å²) in [5.74, 6) is -1.24. The van der Waals surface area contributed by atoms with Crippen LogP contribution in [-0.2, 0) is 4.79 Å². The molecule has 0 bridgehead atoms. The van der Waals surface area contributed by atoms with E-state index >= 15 is 0 Å². The van der Waals surface area contributed by atoms with Gasteiger partial charge in [0.2, 0.25) is 0 Å². The van der Waals surface area contributed by atoms with Gasteiger partial charge in [-0.2, -0.15) is 5.10 Å². The molecule has 0 fully saturated rings. The van der Waals surface area contributed by atoms with Crippen molar-refractivity contribution in [1.29, 1.82) is 0 Å². The van der Waals surface area contributed by atoms with Crippen molar-refractivity contribution in [3.63, 3.8) is 0 Å². The van der Waals surface area contributed by atoms with Crippen molar-refractivity contribution in [2.24, 2.45) is 5.92 Å². The van der Waals surface area contributed by atoms with Gasteiger partial charge in [-0.25, -0.2) is 4.79 Å². The second kappa shape index (κ2) is 5.47. The molecule has 6 nitrogen and oxygen atoms in total. The van der Waals surface area contributed by atoms with Gasteiger partial charge in [0, 0.05) is 5.69 Å². The monoisotopic (exact) mass is 239 g/mol. The van der Waals surface area contributed by atoms with E-state index in [2.05, 4.69) is 15.5 Å². The summed E-state index contributed by atoms with van der Waals surface area (Å²) in [5, 5.41) is 17.8. The number of aliphatic carboxylic acids is 1. The Morgan fingerprint density at radius 1 is 1.53 bits per heavy atom. The molecule has 0 saturated carbocycles. The summed E-state index contributed by atoms with van der Waals surface area (Å²) < 4.78 is 0. The fourth-order valence-electron chi connectivity index (χ4n) is 1.51. The van der Waals surface area contributed by atoms with Gasteiger partial charge in [-0.1, -0.05) is 13.8 Å². The standard InChI is InChI=1S/C11H17N3O3/c1-6(2)4-9(11(16)17)13-10(15)8-5-12-14-7(8)3/h5-6,9H,4H2,1-3H3,(H,12,14)(H,13,15)(H,16,17). The SMILES string of the molecule is Cc1[nH]ncc1C(=O)NC(CC(C)C)C(=O)O. The maximum atomic E-state index is 11.8. The molecule has 1 amide bonds. The number of aromatic amines is 1. The van der Waals surface area contributed by atoms with E-state index in [1.807, 2.05) is 13.8 Å². The van der Waals surface area contributed by atoms with Gasteiger partial charge in [0.15, 0.2) is 0 Å². The van der Waals surface area contributed by atoms with Crippen LogP contribution in [0.2, 0.25) is 0 Å². The highest BCUT2D eigenvalue weighted by Crippen LogP contribution is 2.08. The Labute approximate surface area is 99.4 Å². The van der Waals surface area contributed by atoms with Crippen LogP contribution in [-0.4, -0.2) is 33.2 Å². The van der Waals surface area contributed by atoms with Crippen LogP contribution >= 0.6 is 0 Å². The fourth-order valence-corrected chi connectivity index (χ4v) is 1.51. The summed E-state index contributed by atoms with van der Waals surface area (Å²) in [4.78, 5) is 22.8. The summed E-state index contributed by atoms with van der Waals surface area (Å²) in [5.41, 5.74) is 0.996. The van der Waals surface area contributed by atoms with Crippen LogP contribution in [0.4, 0.5) is 0 Å². The number of rotatable bonds is 5. The van der Waals surface area contributed by atoms with Crippen LogP contribution in [0.15, 0.2) is 6.20 Å². The van der Waals surface area contributed by atoms with Crippen LogP contribution in [0.1, 0.15) is 36.3 Å². The molecule has 0 aliphatic rings. The van der Waals surface area contributed by atoms with Crippen LogP contribution in [0.5, 0.6) is 0 Å². The van der Waals surface area contributed by atoms with Crippen molar-refractivity contribution in [2.45, 2.75) is 33.2 Å². The Bertz CT molecular complexity index is 412. The van der Waals surface area contributed by atoms with Crippen molar-refractivity contribution in [3.05, 3.63) is 17.5 Å². The predicted octanol–water partition coefficient (Wildman–Crippen LogP) is 0.947. The minimum atomic E-state index is -1.02. The third-order valence-electron chi connectivity index (χ3n) is 2.39. The predicted molar refractivity (Wildman–Crippen MR) is 61.7 cm³/mol. The number of carbonyl (C=O) groups excluding carboxylic acids is 1. The number of nitrogens with one attached hydrogen (secondary N) is 2. The number of carbonyl (C=O) groups is 2. The first kappa shape index (κ1) is 13.2. The van der Waals surface area contributed by atoms with Gasteiger partial charge in [0.1, 0.15) is 6.04 Å². The van der Waals surface area contributed by atoms with Crippen molar-refractivity contribution in [1.82, 2.24) is 15.5 Å². The first-order valence-corrected chi connectivity index (χ1v) is 5.45. The quantitative estimate of drug-likeness (QED) is 0.712. The lowest BCUT2D eigenvalue weighted by Gasteiger charge is -2.16. The zero-order valence-corrected chi connectivity index (χ0v) is 10.2. The second-order valence-electron chi connectivity index (χ2n) is 4.40. The van der Waals surface area contributed by atoms with Crippen LogP contribution in [0, 0.1) is 12.8 Å². The number of H-pyrrole nitrogens is 1. The van der Waals surface area contributed by atoms with E-state index in [0.29, 0.717) is 17.7 Å². The van der Waals surface area contributed by atoms with Gasteiger partial charge in [0.05, 0.1) is 11.8 Å². The smallest absolute Gasteiger partial charge is 0.326 e. The summed E-state index contributed by atoms with van der Waals surface area (Å²) in [6.45, 7) is 5.52. The van der Waals surface area contributed by atoms with Crippen molar-refractivity contribution in [2.75, 3.05) is 0 Å². The Morgan fingerprint density at radius 3 is 2.59 bits per heavy atom. The lowest BCUT2D eigenvalue weighted by Crippen LogP contribution is -2.41. The number of hydrogen-bond acceptors (Lipinski definition) is 3. The topological polar surface area (TPSA) is 95.1 Å². The number of hydrogen-bond donors (Lipinski definition) is 3. The Morgan fingerprint density at radius 2 is 2.18 bits per heavy atom. The highest BCUT2D eigenvalue weighted by atomic mass is 16.4. The van der Waals surface area contributed by atoms with Crippen molar-refractivity contribution < 1.29 is 14.7 Å². The van der Waals surface area contributed by atoms with Gasteiger partial charge >= 0.3 is 5.97 Å². The number of carboxylic acid groups (broad SMARTS) is 1. The Kier molecular flexibility index (Phi) is 4.25. The lowest BCUT2D eigenvalue weighted by molar-refractivity contribution is -0.139. The summed E-state index contributed by atoms with van der Waals surface area (Å²) in [6.07, 6.45) is 1.79. The summed E-state index contributed by atoms with van der Waals surface area (Å²) >= 11 is 0. The number of aromatic nitrogens is 2. The molecule has 0 saturated heterocycles. The zero-order chi connectivity index (χ0) is 13.0. The maximum Gasteiger partial charge on any atom is 0.326 e. The molecule has 1 rings (SSSR count). The van der Waals surface area contributed by atoms with Gasteiger partial charge in [-0.05, 0) is 19.3 Å². The molecule has 0 spiro atoms. The minimum Gasteiger partial charge on any atom is -0.480 e. The first-order chi connectivity index (χ1) is 7.91. The summed E-state index contributed by atoms with van der Waals surface area (Å²) in [6, 6.07) is -0.864. The molecule has 1 heterocycles. The molecule has 1 aromatic heterocycles. The number of aryl methyl sites for hydroxylation is 1. The third kappa shape index (κ3) is 3.58. The fraction of sp³-hybridized carbons (Fsp3) is 0.545. The third-order valence-corrected chi connectivity index (χ3v) is 2.39. The second-order valence-corrected chi connectivity index (χ2v) is 4.40. The molecule has 3 N–H and O–H groups in total.